The fourth-order valence-corrected chi connectivity index (χ4v) is 2.13. The van der Waals surface area contributed by atoms with E-state index in [0.29, 0.717) is 19.3 Å². The average molecular weight is 270 g/mol. The molecule has 1 fully saturated rings. The van der Waals surface area contributed by atoms with E-state index in [9.17, 15) is 14.4 Å². The molecular weight excluding hydrogens is 248 g/mol. The summed E-state index contributed by atoms with van der Waals surface area (Å²) in [5, 5.41) is 3.02. The van der Waals surface area contributed by atoms with Gasteiger partial charge in [0.05, 0.1) is 13.2 Å². The van der Waals surface area contributed by atoms with E-state index in [0.717, 1.165) is 17.7 Å². The molecule has 1 N–H and O–H groups in total. The first kappa shape index (κ1) is 15.6. The van der Waals surface area contributed by atoms with Crippen LogP contribution in [0.1, 0.15) is 39.0 Å². The van der Waals surface area contributed by atoms with E-state index in [2.05, 4.69) is 5.32 Å². The fourth-order valence-electron chi connectivity index (χ4n) is 2.13. The minimum Gasteiger partial charge on any atom is -0.468 e. The highest BCUT2D eigenvalue weighted by molar-refractivity contribution is 6.00. The van der Waals surface area contributed by atoms with Gasteiger partial charge in [0.1, 0.15) is 6.04 Å². The van der Waals surface area contributed by atoms with Crippen LogP contribution in [0.5, 0.6) is 0 Å². The Kier molecular flexibility index (Phi) is 5.95. The number of unbranched alkanes of at least 4 members (excludes halogenated alkanes) is 1. The predicted octanol–water partition coefficient (Wildman–Crippen LogP) is 0.455. The number of carbonyl (C=O) groups is 3. The van der Waals surface area contributed by atoms with Gasteiger partial charge in [-0.2, -0.15) is 0 Å². The molecule has 2 amide bonds. The maximum absolute atomic E-state index is 11.9. The molecule has 108 valence electrons. The zero-order valence-electron chi connectivity index (χ0n) is 11.8. The van der Waals surface area contributed by atoms with E-state index in [1.54, 1.807) is 0 Å². The third-order valence-electron chi connectivity index (χ3n) is 3.38. The van der Waals surface area contributed by atoms with Crippen molar-refractivity contribution in [1.29, 1.82) is 0 Å². The van der Waals surface area contributed by atoms with Gasteiger partial charge in [0.2, 0.25) is 11.8 Å². The molecule has 1 heterocycles. The number of imide groups is 1. The van der Waals surface area contributed by atoms with E-state index < -0.39 is 12.1 Å². The summed E-state index contributed by atoms with van der Waals surface area (Å²) >= 11 is 0. The second-order valence-corrected chi connectivity index (χ2v) is 4.77. The summed E-state index contributed by atoms with van der Waals surface area (Å²) in [7, 11) is 2.80. The van der Waals surface area contributed by atoms with Crippen LogP contribution in [0.3, 0.4) is 0 Å². The molecule has 0 aromatic rings. The lowest BCUT2D eigenvalue weighted by atomic mass is 10.0. The molecule has 1 saturated heterocycles. The molecular formula is C13H22N2O4. The molecule has 1 aliphatic rings. The fraction of sp³-hybridized carbons (Fsp3) is 0.769. The van der Waals surface area contributed by atoms with Crippen molar-refractivity contribution in [1.82, 2.24) is 10.2 Å². The molecule has 0 bridgehead atoms. The van der Waals surface area contributed by atoms with Crippen molar-refractivity contribution in [2.45, 2.75) is 51.1 Å². The Labute approximate surface area is 113 Å². The number of hydrogen-bond donors (Lipinski definition) is 1. The maximum Gasteiger partial charge on any atom is 0.322 e. The Morgan fingerprint density at radius 2 is 2.21 bits per heavy atom. The number of likely N-dealkylation sites (tertiary alicyclic amines) is 1. The van der Waals surface area contributed by atoms with Crippen LogP contribution in [0.4, 0.5) is 0 Å². The van der Waals surface area contributed by atoms with Crippen LogP contribution in [-0.4, -0.2) is 48.9 Å². The van der Waals surface area contributed by atoms with Gasteiger partial charge in [-0.1, -0.05) is 19.8 Å². The number of nitrogens with zero attached hydrogens (tertiary/aromatic N) is 1. The molecule has 0 spiro atoms. The monoisotopic (exact) mass is 270 g/mol. The van der Waals surface area contributed by atoms with E-state index in [-0.39, 0.29) is 17.8 Å². The highest BCUT2D eigenvalue weighted by atomic mass is 16.5. The van der Waals surface area contributed by atoms with Crippen molar-refractivity contribution in [3.63, 3.8) is 0 Å². The highest BCUT2D eigenvalue weighted by Gasteiger charge is 2.34. The van der Waals surface area contributed by atoms with Crippen molar-refractivity contribution in [2.75, 3.05) is 14.2 Å². The molecule has 2 atom stereocenters. The number of nitrogens with one attached hydrogen (secondary N) is 1. The second-order valence-electron chi connectivity index (χ2n) is 4.77. The van der Waals surface area contributed by atoms with Gasteiger partial charge in [0, 0.05) is 13.5 Å². The van der Waals surface area contributed by atoms with E-state index >= 15 is 0 Å². The number of carbonyl (C=O) groups excluding carboxylic acids is 3. The molecule has 0 radical (unpaired) electrons. The lowest BCUT2D eigenvalue weighted by Crippen LogP contribution is -2.55. The van der Waals surface area contributed by atoms with Gasteiger partial charge < -0.3 is 4.74 Å². The topological polar surface area (TPSA) is 75.7 Å². The first-order valence-corrected chi connectivity index (χ1v) is 6.65. The van der Waals surface area contributed by atoms with Crippen LogP contribution < -0.4 is 5.32 Å². The minimum atomic E-state index is -0.486. The third-order valence-corrected chi connectivity index (χ3v) is 3.38. The van der Waals surface area contributed by atoms with Crippen molar-refractivity contribution < 1.29 is 19.1 Å². The molecule has 0 aliphatic carbocycles. The molecule has 0 aromatic heterocycles. The summed E-state index contributed by atoms with van der Waals surface area (Å²) in [4.78, 5) is 36.1. The SMILES string of the molecule is CCCCC(NC1CCC(=O)N(C)C1=O)C(=O)OC. The van der Waals surface area contributed by atoms with E-state index in [1.165, 1.54) is 14.2 Å². The van der Waals surface area contributed by atoms with Gasteiger partial charge in [-0.3, -0.25) is 24.6 Å². The van der Waals surface area contributed by atoms with Gasteiger partial charge in [-0.05, 0) is 12.8 Å². The number of rotatable bonds is 6. The largest absolute Gasteiger partial charge is 0.468 e. The van der Waals surface area contributed by atoms with Crippen molar-refractivity contribution in [3.8, 4) is 0 Å². The molecule has 0 saturated carbocycles. The van der Waals surface area contributed by atoms with Crippen molar-refractivity contribution in [2.24, 2.45) is 0 Å². The number of likely N-dealkylation sites (N-methyl/N-ethyl adjacent to an activating group) is 1. The summed E-state index contributed by atoms with van der Waals surface area (Å²) < 4.78 is 4.74. The molecule has 0 aromatic carbocycles. The normalized spacial score (nSPS) is 21.4. The molecule has 1 aliphatic heterocycles. The lowest BCUT2D eigenvalue weighted by Gasteiger charge is -2.30. The Hall–Kier alpha value is -1.43. The van der Waals surface area contributed by atoms with Crippen molar-refractivity contribution in [3.05, 3.63) is 0 Å². The number of ether oxygens (including phenoxy) is 1. The Bertz CT molecular complexity index is 357. The maximum atomic E-state index is 11.9. The molecule has 1 rings (SSSR count). The van der Waals surface area contributed by atoms with Gasteiger partial charge >= 0.3 is 5.97 Å². The molecule has 6 heteroatoms. The third kappa shape index (κ3) is 4.02. The zero-order valence-corrected chi connectivity index (χ0v) is 11.8. The summed E-state index contributed by atoms with van der Waals surface area (Å²) in [5.41, 5.74) is 0. The smallest absolute Gasteiger partial charge is 0.322 e. The Morgan fingerprint density at radius 1 is 1.53 bits per heavy atom. The molecule has 6 nitrogen and oxygen atoms in total. The number of piperidine rings is 1. The van der Waals surface area contributed by atoms with Crippen LogP contribution in [-0.2, 0) is 19.1 Å². The summed E-state index contributed by atoms with van der Waals surface area (Å²) in [5.74, 6) is -0.811. The highest BCUT2D eigenvalue weighted by Crippen LogP contribution is 2.14. The number of methoxy groups -OCH3 is 1. The minimum absolute atomic E-state index is 0.175. The quantitative estimate of drug-likeness (QED) is 0.560. The van der Waals surface area contributed by atoms with Gasteiger partial charge in [-0.25, -0.2) is 0 Å². The van der Waals surface area contributed by atoms with Gasteiger partial charge in [-0.15, -0.1) is 0 Å². The second kappa shape index (κ2) is 7.23. The summed E-state index contributed by atoms with van der Waals surface area (Å²) in [6.45, 7) is 2.03. The molecule has 19 heavy (non-hydrogen) atoms. The zero-order chi connectivity index (χ0) is 14.4. The molecule has 2 unspecified atom stereocenters. The lowest BCUT2D eigenvalue weighted by molar-refractivity contribution is -0.149. The first-order chi connectivity index (χ1) is 9.01. The van der Waals surface area contributed by atoms with Crippen LogP contribution in [0.25, 0.3) is 0 Å². The number of hydrogen-bond acceptors (Lipinski definition) is 5. The van der Waals surface area contributed by atoms with E-state index in [4.69, 9.17) is 4.74 Å². The number of esters is 1. The average Bonchev–Trinajstić information content (AvgIpc) is 2.42. The van der Waals surface area contributed by atoms with Gasteiger partial charge in [0.15, 0.2) is 0 Å². The van der Waals surface area contributed by atoms with Crippen LogP contribution in [0.2, 0.25) is 0 Å². The summed E-state index contributed by atoms with van der Waals surface area (Å²) in [6, 6.07) is -0.968. The standard InChI is InChI=1S/C13H22N2O4/c1-4-5-6-10(13(18)19-3)14-9-7-8-11(16)15(2)12(9)17/h9-10,14H,4-8H2,1-3H3. The Balaban J connectivity index is 2.65. The van der Waals surface area contributed by atoms with Crippen LogP contribution >= 0.6 is 0 Å². The van der Waals surface area contributed by atoms with E-state index in [1.807, 2.05) is 6.92 Å². The van der Waals surface area contributed by atoms with Crippen LogP contribution in [0.15, 0.2) is 0 Å². The first-order valence-electron chi connectivity index (χ1n) is 6.65. The predicted molar refractivity (Wildman–Crippen MR) is 69.3 cm³/mol. The number of amides is 2. The Morgan fingerprint density at radius 3 is 2.79 bits per heavy atom. The van der Waals surface area contributed by atoms with Crippen molar-refractivity contribution >= 4 is 17.8 Å². The summed E-state index contributed by atoms with van der Waals surface area (Å²) in [6.07, 6.45) is 3.22. The van der Waals surface area contributed by atoms with Crippen LogP contribution in [0, 0.1) is 0 Å². The van der Waals surface area contributed by atoms with Gasteiger partial charge in [0.25, 0.3) is 0 Å².